The molecule has 2 aromatic heterocycles. The molecule has 0 saturated heterocycles. The first-order chi connectivity index (χ1) is 8.41. The first-order valence-electron chi connectivity index (χ1n) is 4.92. The van der Waals surface area contributed by atoms with Gasteiger partial charge in [0.2, 0.25) is 0 Å². The van der Waals surface area contributed by atoms with Gasteiger partial charge in [0.05, 0.1) is 16.1 Å². The van der Waals surface area contributed by atoms with Gasteiger partial charge in [-0.05, 0) is 39.5 Å². The van der Waals surface area contributed by atoms with Gasteiger partial charge < -0.3 is 5.32 Å². The fourth-order valence-electron chi connectivity index (χ4n) is 1.42. The van der Waals surface area contributed by atoms with Gasteiger partial charge >= 0.3 is 6.18 Å². The van der Waals surface area contributed by atoms with Gasteiger partial charge in [-0.2, -0.15) is 13.2 Å². The fourth-order valence-corrected chi connectivity index (χ4v) is 2.95. The molecular weight excluding hydrogens is 329 g/mol. The van der Waals surface area contributed by atoms with E-state index in [2.05, 4.69) is 26.2 Å². The molecule has 0 saturated carbocycles. The Morgan fingerprint density at radius 2 is 2.06 bits per heavy atom. The van der Waals surface area contributed by atoms with Crippen molar-refractivity contribution in [1.29, 1.82) is 0 Å². The maximum Gasteiger partial charge on any atom is 0.416 e. The lowest BCUT2D eigenvalue weighted by molar-refractivity contribution is -0.137. The Labute approximate surface area is 114 Å². The van der Waals surface area contributed by atoms with Crippen molar-refractivity contribution in [1.82, 2.24) is 4.98 Å². The van der Waals surface area contributed by atoms with E-state index in [4.69, 9.17) is 0 Å². The molecule has 0 aliphatic heterocycles. The zero-order valence-electron chi connectivity index (χ0n) is 9.18. The van der Waals surface area contributed by atoms with Crippen molar-refractivity contribution in [3.63, 3.8) is 0 Å². The van der Waals surface area contributed by atoms with E-state index in [0.717, 1.165) is 16.6 Å². The van der Waals surface area contributed by atoms with Gasteiger partial charge in [-0.1, -0.05) is 0 Å². The molecule has 7 heteroatoms. The fraction of sp³-hybridized carbons (Fsp3) is 0.182. The second kappa shape index (κ2) is 4.89. The quantitative estimate of drug-likeness (QED) is 0.864. The van der Waals surface area contributed by atoms with Gasteiger partial charge in [0, 0.05) is 11.5 Å². The number of thiophene rings is 1. The molecule has 0 aliphatic rings. The molecule has 2 aromatic rings. The van der Waals surface area contributed by atoms with Gasteiger partial charge in [0.25, 0.3) is 0 Å². The summed E-state index contributed by atoms with van der Waals surface area (Å²) < 4.78 is 39.0. The lowest BCUT2D eigenvalue weighted by atomic mass is 10.2. The van der Waals surface area contributed by atoms with E-state index in [1.807, 2.05) is 0 Å². The Kier molecular flexibility index (Phi) is 3.63. The number of nitrogens with zero attached hydrogens (tertiary/aromatic N) is 1. The SMILES string of the molecule is CNc1cc(C(F)(F)F)cc(-c2sccc2Br)n1. The molecule has 18 heavy (non-hydrogen) atoms. The third-order valence-electron chi connectivity index (χ3n) is 2.26. The molecule has 0 unspecified atom stereocenters. The largest absolute Gasteiger partial charge is 0.416 e. The average Bonchev–Trinajstić information content (AvgIpc) is 2.73. The molecule has 0 atom stereocenters. The number of pyridine rings is 1. The second-order valence-corrected chi connectivity index (χ2v) is 5.24. The standard InChI is InChI=1S/C11H8BrF3N2S/c1-16-9-5-6(11(13,14)15)4-8(17-9)10-7(12)2-3-18-10/h2-5H,1H3,(H,16,17). The van der Waals surface area contributed by atoms with Crippen LogP contribution in [-0.4, -0.2) is 12.0 Å². The summed E-state index contributed by atoms with van der Waals surface area (Å²) in [5.74, 6) is 0.195. The minimum absolute atomic E-state index is 0.195. The number of nitrogens with one attached hydrogen (secondary N) is 1. The van der Waals surface area contributed by atoms with E-state index in [-0.39, 0.29) is 5.82 Å². The predicted octanol–water partition coefficient (Wildman–Crippen LogP) is 4.63. The molecule has 0 fully saturated rings. The van der Waals surface area contributed by atoms with Gasteiger partial charge in [-0.15, -0.1) is 11.3 Å². The zero-order valence-corrected chi connectivity index (χ0v) is 11.6. The summed E-state index contributed by atoms with van der Waals surface area (Å²) in [6.45, 7) is 0. The lowest BCUT2D eigenvalue weighted by Gasteiger charge is -2.10. The average molecular weight is 337 g/mol. The summed E-state index contributed by atoms with van der Waals surface area (Å²) >= 11 is 4.63. The molecule has 2 nitrogen and oxygen atoms in total. The van der Waals surface area contributed by atoms with E-state index >= 15 is 0 Å². The highest BCUT2D eigenvalue weighted by Gasteiger charge is 2.32. The van der Waals surface area contributed by atoms with Crippen molar-refractivity contribution >= 4 is 33.1 Å². The molecule has 96 valence electrons. The Morgan fingerprint density at radius 3 is 2.56 bits per heavy atom. The van der Waals surface area contributed by atoms with Crippen LogP contribution in [0.4, 0.5) is 19.0 Å². The van der Waals surface area contributed by atoms with Crippen molar-refractivity contribution in [2.45, 2.75) is 6.18 Å². The maximum absolute atomic E-state index is 12.8. The van der Waals surface area contributed by atoms with Gasteiger partial charge in [-0.25, -0.2) is 4.98 Å². The van der Waals surface area contributed by atoms with Crippen LogP contribution in [0, 0.1) is 0 Å². The molecule has 0 amide bonds. The lowest BCUT2D eigenvalue weighted by Crippen LogP contribution is -2.07. The Hall–Kier alpha value is -1.08. The Balaban J connectivity index is 2.58. The number of hydrogen-bond acceptors (Lipinski definition) is 3. The van der Waals surface area contributed by atoms with Crippen molar-refractivity contribution in [3.05, 3.63) is 33.6 Å². The van der Waals surface area contributed by atoms with Gasteiger partial charge in [0.15, 0.2) is 0 Å². The number of aromatic nitrogens is 1. The van der Waals surface area contributed by atoms with Crippen LogP contribution in [0.1, 0.15) is 5.56 Å². The number of rotatable bonds is 2. The topological polar surface area (TPSA) is 24.9 Å². The molecule has 0 bridgehead atoms. The third kappa shape index (κ3) is 2.67. The molecule has 2 rings (SSSR count). The number of hydrogen-bond donors (Lipinski definition) is 1. The highest BCUT2D eigenvalue weighted by molar-refractivity contribution is 9.10. The second-order valence-electron chi connectivity index (χ2n) is 3.47. The zero-order chi connectivity index (χ0) is 13.3. The van der Waals surface area contributed by atoms with Crippen LogP contribution in [0.15, 0.2) is 28.1 Å². The van der Waals surface area contributed by atoms with Crippen LogP contribution >= 0.6 is 27.3 Å². The minimum atomic E-state index is -4.38. The normalized spacial score (nSPS) is 11.6. The predicted molar refractivity (Wildman–Crippen MR) is 69.8 cm³/mol. The minimum Gasteiger partial charge on any atom is -0.373 e. The number of halogens is 4. The number of anilines is 1. The highest BCUT2D eigenvalue weighted by Crippen LogP contribution is 2.37. The van der Waals surface area contributed by atoms with Gasteiger partial charge in [-0.3, -0.25) is 0 Å². The molecule has 2 heterocycles. The van der Waals surface area contributed by atoms with E-state index in [1.165, 1.54) is 18.4 Å². The van der Waals surface area contributed by atoms with Crippen LogP contribution in [-0.2, 0) is 6.18 Å². The van der Waals surface area contributed by atoms with Crippen molar-refractivity contribution in [3.8, 4) is 10.6 Å². The Morgan fingerprint density at radius 1 is 1.33 bits per heavy atom. The first kappa shape index (κ1) is 13.4. The molecule has 1 N–H and O–H groups in total. The van der Waals surface area contributed by atoms with Crippen LogP contribution in [0.2, 0.25) is 0 Å². The first-order valence-corrected chi connectivity index (χ1v) is 6.59. The van der Waals surface area contributed by atoms with Crippen molar-refractivity contribution < 1.29 is 13.2 Å². The van der Waals surface area contributed by atoms with E-state index < -0.39 is 11.7 Å². The van der Waals surface area contributed by atoms with Crippen LogP contribution < -0.4 is 5.32 Å². The van der Waals surface area contributed by atoms with E-state index in [1.54, 1.807) is 11.4 Å². The summed E-state index contributed by atoms with van der Waals surface area (Å²) in [5.41, 5.74) is -0.409. The van der Waals surface area contributed by atoms with E-state index in [0.29, 0.717) is 10.6 Å². The van der Waals surface area contributed by atoms with Crippen LogP contribution in [0.3, 0.4) is 0 Å². The molecule has 0 aromatic carbocycles. The molecule has 0 aliphatic carbocycles. The van der Waals surface area contributed by atoms with Crippen molar-refractivity contribution in [2.24, 2.45) is 0 Å². The third-order valence-corrected chi connectivity index (χ3v) is 4.12. The Bertz CT molecular complexity index is 566. The molecule has 0 radical (unpaired) electrons. The summed E-state index contributed by atoms with van der Waals surface area (Å²) in [6, 6.07) is 3.82. The van der Waals surface area contributed by atoms with Crippen LogP contribution in [0.5, 0.6) is 0 Å². The number of alkyl halides is 3. The highest BCUT2D eigenvalue weighted by atomic mass is 79.9. The van der Waals surface area contributed by atoms with Crippen LogP contribution in [0.25, 0.3) is 10.6 Å². The monoisotopic (exact) mass is 336 g/mol. The summed E-state index contributed by atoms with van der Waals surface area (Å²) in [5, 5.41) is 4.43. The summed E-state index contributed by atoms with van der Waals surface area (Å²) in [6.07, 6.45) is -4.38. The maximum atomic E-state index is 12.8. The summed E-state index contributed by atoms with van der Waals surface area (Å²) in [7, 11) is 1.54. The molecular formula is C11H8BrF3N2S. The molecule has 0 spiro atoms. The van der Waals surface area contributed by atoms with Crippen molar-refractivity contribution in [2.75, 3.05) is 12.4 Å². The summed E-state index contributed by atoms with van der Waals surface area (Å²) in [4.78, 5) is 4.82. The van der Waals surface area contributed by atoms with Gasteiger partial charge in [0.1, 0.15) is 5.82 Å². The van der Waals surface area contributed by atoms with E-state index in [9.17, 15) is 13.2 Å². The smallest absolute Gasteiger partial charge is 0.373 e.